The van der Waals surface area contributed by atoms with Crippen molar-refractivity contribution in [3.63, 3.8) is 0 Å². The first-order chi connectivity index (χ1) is 8.88. The second-order valence-electron chi connectivity index (χ2n) is 3.91. The number of urea groups is 1. The predicted octanol–water partition coefficient (Wildman–Crippen LogP) is -0.0621. The van der Waals surface area contributed by atoms with E-state index in [0.717, 1.165) is 0 Å². The van der Waals surface area contributed by atoms with Gasteiger partial charge in [-0.15, -0.1) is 0 Å². The molecule has 1 aromatic carbocycles. The summed E-state index contributed by atoms with van der Waals surface area (Å²) < 4.78 is 4.86. The molecule has 1 atom stereocenters. The van der Waals surface area contributed by atoms with Crippen LogP contribution >= 0.6 is 0 Å². The number of esters is 1. The summed E-state index contributed by atoms with van der Waals surface area (Å²) in [6, 6.07) is 5.75. The second kappa shape index (κ2) is 6.39. The molecule has 3 amide bonds. The molecule has 0 aliphatic carbocycles. The van der Waals surface area contributed by atoms with Crippen LogP contribution in [0.15, 0.2) is 24.3 Å². The van der Waals surface area contributed by atoms with Gasteiger partial charge in [0.15, 0.2) is 6.10 Å². The first-order valence-corrected chi connectivity index (χ1v) is 5.52. The Hall–Kier alpha value is -2.57. The van der Waals surface area contributed by atoms with Gasteiger partial charge in [-0.05, 0) is 24.6 Å². The molecule has 0 radical (unpaired) electrons. The minimum Gasteiger partial charge on any atom is -0.452 e. The number of nitrogen functional groups attached to an aromatic ring is 1. The van der Waals surface area contributed by atoms with Crippen LogP contribution in [-0.2, 0) is 20.7 Å². The number of carbonyl (C=O) groups excluding carboxylic acids is 3. The standard InChI is InChI=1S/C12H15N3O4/c1-7(11(17)15-12(14)18)19-10(16)6-8-3-2-4-9(13)5-8/h2-5,7H,6,13H2,1H3,(H3,14,15,17,18). The molecule has 1 unspecified atom stereocenters. The van der Waals surface area contributed by atoms with E-state index in [1.807, 2.05) is 5.32 Å². The van der Waals surface area contributed by atoms with Crippen molar-refractivity contribution in [3.05, 3.63) is 29.8 Å². The fourth-order valence-corrected chi connectivity index (χ4v) is 1.39. The Morgan fingerprint density at radius 1 is 1.37 bits per heavy atom. The molecule has 19 heavy (non-hydrogen) atoms. The molecule has 7 heteroatoms. The van der Waals surface area contributed by atoms with Crippen molar-refractivity contribution in [1.29, 1.82) is 0 Å². The molecule has 1 rings (SSSR count). The largest absolute Gasteiger partial charge is 0.452 e. The van der Waals surface area contributed by atoms with Crippen LogP contribution < -0.4 is 16.8 Å². The van der Waals surface area contributed by atoms with Gasteiger partial charge in [-0.2, -0.15) is 0 Å². The quantitative estimate of drug-likeness (QED) is 0.519. The molecule has 0 spiro atoms. The average molecular weight is 265 g/mol. The number of nitrogens with one attached hydrogen (secondary N) is 1. The van der Waals surface area contributed by atoms with E-state index >= 15 is 0 Å². The Morgan fingerprint density at radius 2 is 2.05 bits per heavy atom. The molecule has 0 saturated heterocycles. The minimum absolute atomic E-state index is 0.0147. The number of benzene rings is 1. The second-order valence-corrected chi connectivity index (χ2v) is 3.91. The fraction of sp³-hybridized carbons (Fsp3) is 0.250. The first-order valence-electron chi connectivity index (χ1n) is 5.52. The van der Waals surface area contributed by atoms with Crippen LogP contribution in [0, 0.1) is 0 Å². The predicted molar refractivity (Wildman–Crippen MR) is 67.8 cm³/mol. The minimum atomic E-state index is -1.10. The lowest BCUT2D eigenvalue weighted by atomic mass is 10.1. The van der Waals surface area contributed by atoms with Crippen molar-refractivity contribution < 1.29 is 19.1 Å². The van der Waals surface area contributed by atoms with Gasteiger partial charge in [-0.25, -0.2) is 4.79 Å². The van der Waals surface area contributed by atoms with Gasteiger partial charge in [0.05, 0.1) is 6.42 Å². The maximum Gasteiger partial charge on any atom is 0.318 e. The number of anilines is 1. The van der Waals surface area contributed by atoms with E-state index in [4.69, 9.17) is 16.2 Å². The monoisotopic (exact) mass is 265 g/mol. The van der Waals surface area contributed by atoms with Crippen LogP contribution in [0.3, 0.4) is 0 Å². The smallest absolute Gasteiger partial charge is 0.318 e. The zero-order chi connectivity index (χ0) is 14.4. The molecule has 5 N–H and O–H groups in total. The van der Waals surface area contributed by atoms with E-state index < -0.39 is 24.0 Å². The van der Waals surface area contributed by atoms with E-state index in [-0.39, 0.29) is 6.42 Å². The van der Waals surface area contributed by atoms with Gasteiger partial charge in [0.2, 0.25) is 0 Å². The topological polar surface area (TPSA) is 125 Å². The Morgan fingerprint density at radius 3 is 2.63 bits per heavy atom. The SMILES string of the molecule is CC(OC(=O)Cc1cccc(N)c1)C(=O)NC(N)=O. The summed E-state index contributed by atoms with van der Waals surface area (Å²) in [5.74, 6) is -1.37. The maximum absolute atomic E-state index is 11.6. The fourth-order valence-electron chi connectivity index (χ4n) is 1.39. The number of imide groups is 1. The van der Waals surface area contributed by atoms with Gasteiger partial charge in [0.25, 0.3) is 5.91 Å². The number of hydrogen-bond acceptors (Lipinski definition) is 5. The highest BCUT2D eigenvalue weighted by molar-refractivity contribution is 5.96. The lowest BCUT2D eigenvalue weighted by Gasteiger charge is -2.12. The molecular formula is C12H15N3O4. The van der Waals surface area contributed by atoms with Gasteiger partial charge in [-0.3, -0.25) is 14.9 Å². The number of rotatable bonds is 4. The van der Waals surface area contributed by atoms with Gasteiger partial charge in [0, 0.05) is 5.69 Å². The van der Waals surface area contributed by atoms with Crippen molar-refractivity contribution in [2.45, 2.75) is 19.4 Å². The Kier molecular flexibility index (Phi) is 4.87. The molecule has 0 bridgehead atoms. The van der Waals surface area contributed by atoms with E-state index in [2.05, 4.69) is 0 Å². The molecule has 0 aliphatic heterocycles. The summed E-state index contributed by atoms with van der Waals surface area (Å²) >= 11 is 0. The van der Waals surface area contributed by atoms with Crippen LogP contribution in [-0.4, -0.2) is 24.0 Å². The highest BCUT2D eigenvalue weighted by Crippen LogP contribution is 2.08. The summed E-state index contributed by atoms with van der Waals surface area (Å²) in [5, 5.41) is 1.82. The van der Waals surface area contributed by atoms with Crippen molar-refractivity contribution in [2.24, 2.45) is 5.73 Å². The lowest BCUT2D eigenvalue weighted by Crippen LogP contribution is -2.42. The Bertz CT molecular complexity index is 502. The summed E-state index contributed by atoms with van der Waals surface area (Å²) in [7, 11) is 0. The number of carbonyl (C=O) groups is 3. The Balaban J connectivity index is 2.51. The first kappa shape index (κ1) is 14.5. The summed E-state index contributed by atoms with van der Waals surface area (Å²) in [4.78, 5) is 33.3. The van der Waals surface area contributed by atoms with Gasteiger partial charge >= 0.3 is 12.0 Å². The van der Waals surface area contributed by atoms with E-state index in [1.54, 1.807) is 24.3 Å². The Labute approximate surface area is 109 Å². The van der Waals surface area contributed by atoms with Crippen LogP contribution in [0.5, 0.6) is 0 Å². The highest BCUT2D eigenvalue weighted by Gasteiger charge is 2.19. The average Bonchev–Trinajstić information content (AvgIpc) is 2.27. The number of amides is 3. The van der Waals surface area contributed by atoms with Crippen molar-refractivity contribution in [3.8, 4) is 0 Å². The van der Waals surface area contributed by atoms with Crippen molar-refractivity contribution in [1.82, 2.24) is 5.32 Å². The maximum atomic E-state index is 11.6. The molecule has 1 aromatic rings. The molecule has 7 nitrogen and oxygen atoms in total. The van der Waals surface area contributed by atoms with Crippen molar-refractivity contribution in [2.75, 3.05) is 5.73 Å². The van der Waals surface area contributed by atoms with Crippen molar-refractivity contribution >= 4 is 23.6 Å². The molecule has 0 aliphatic rings. The number of hydrogen-bond donors (Lipinski definition) is 3. The molecule has 0 aromatic heterocycles. The number of ether oxygens (including phenoxy) is 1. The van der Waals surface area contributed by atoms with E-state index in [9.17, 15) is 14.4 Å². The van der Waals surface area contributed by atoms with Gasteiger partial charge in [0.1, 0.15) is 0 Å². The van der Waals surface area contributed by atoms with E-state index in [1.165, 1.54) is 6.92 Å². The molecular weight excluding hydrogens is 250 g/mol. The zero-order valence-electron chi connectivity index (χ0n) is 10.4. The molecule has 0 fully saturated rings. The van der Waals surface area contributed by atoms with Crippen LogP contribution in [0.4, 0.5) is 10.5 Å². The third-order valence-corrected chi connectivity index (χ3v) is 2.22. The van der Waals surface area contributed by atoms with E-state index in [0.29, 0.717) is 11.3 Å². The normalized spacial score (nSPS) is 11.4. The molecule has 0 saturated carbocycles. The van der Waals surface area contributed by atoms with Crippen LogP contribution in [0.2, 0.25) is 0 Å². The van der Waals surface area contributed by atoms with Crippen LogP contribution in [0.1, 0.15) is 12.5 Å². The summed E-state index contributed by atoms with van der Waals surface area (Å²) in [6.45, 7) is 1.34. The lowest BCUT2D eigenvalue weighted by molar-refractivity contribution is -0.153. The van der Waals surface area contributed by atoms with Gasteiger partial charge < -0.3 is 16.2 Å². The third kappa shape index (κ3) is 5.07. The third-order valence-electron chi connectivity index (χ3n) is 2.22. The summed E-state index contributed by atoms with van der Waals surface area (Å²) in [6.07, 6.45) is -1.11. The molecule has 0 heterocycles. The highest BCUT2D eigenvalue weighted by atomic mass is 16.5. The number of primary amides is 1. The zero-order valence-corrected chi connectivity index (χ0v) is 10.4. The van der Waals surface area contributed by atoms with Crippen LogP contribution in [0.25, 0.3) is 0 Å². The summed E-state index contributed by atoms with van der Waals surface area (Å²) in [5.41, 5.74) is 11.6. The molecule has 102 valence electrons. The van der Waals surface area contributed by atoms with Gasteiger partial charge in [-0.1, -0.05) is 12.1 Å². The number of nitrogens with two attached hydrogens (primary N) is 2.